The van der Waals surface area contributed by atoms with Gasteiger partial charge in [-0.15, -0.1) is 0 Å². The molecule has 5 heteroatoms. The number of hydrogen-bond acceptors (Lipinski definition) is 2. The normalized spacial score (nSPS) is 13.1. The summed E-state index contributed by atoms with van der Waals surface area (Å²) in [7, 11) is -3.65. The van der Waals surface area contributed by atoms with Crippen LogP contribution in [0.1, 0.15) is 18.5 Å². The lowest BCUT2D eigenvalue weighted by Gasteiger charge is -2.15. The molecule has 3 rings (SSSR count). The summed E-state index contributed by atoms with van der Waals surface area (Å²) in [5, 5.41) is 1.85. The van der Waals surface area contributed by atoms with E-state index < -0.39 is 16.1 Å². The molecule has 0 bridgehead atoms. The zero-order valence-corrected chi connectivity index (χ0v) is 13.3. The second kappa shape index (κ2) is 6.10. The fourth-order valence-electron chi connectivity index (χ4n) is 2.45. The van der Waals surface area contributed by atoms with Crippen molar-refractivity contribution in [3.63, 3.8) is 0 Å². The molecular formula is C18H16FNO2S. The monoisotopic (exact) mass is 329 g/mol. The molecule has 0 aliphatic rings. The van der Waals surface area contributed by atoms with Gasteiger partial charge in [-0.25, -0.2) is 17.5 Å². The summed E-state index contributed by atoms with van der Waals surface area (Å²) in [6.45, 7) is 1.73. The minimum atomic E-state index is -3.65. The third-order valence-electron chi connectivity index (χ3n) is 3.73. The molecule has 0 unspecified atom stereocenters. The highest BCUT2D eigenvalue weighted by Crippen LogP contribution is 2.21. The number of hydrogen-bond donors (Lipinski definition) is 1. The van der Waals surface area contributed by atoms with E-state index >= 15 is 0 Å². The highest BCUT2D eigenvalue weighted by Gasteiger charge is 2.18. The Labute approximate surface area is 134 Å². The zero-order chi connectivity index (χ0) is 16.4. The van der Waals surface area contributed by atoms with Crippen molar-refractivity contribution in [3.05, 3.63) is 78.1 Å². The van der Waals surface area contributed by atoms with Gasteiger partial charge in [0.1, 0.15) is 5.82 Å². The Morgan fingerprint density at radius 3 is 2.26 bits per heavy atom. The summed E-state index contributed by atoms with van der Waals surface area (Å²) in [6.07, 6.45) is 0. The van der Waals surface area contributed by atoms with Crippen molar-refractivity contribution in [3.8, 4) is 0 Å². The van der Waals surface area contributed by atoms with Gasteiger partial charge in [0, 0.05) is 6.04 Å². The highest BCUT2D eigenvalue weighted by atomic mass is 32.2. The van der Waals surface area contributed by atoms with Crippen LogP contribution in [0.2, 0.25) is 0 Å². The third kappa shape index (κ3) is 3.41. The van der Waals surface area contributed by atoms with Gasteiger partial charge in [0.25, 0.3) is 0 Å². The molecule has 118 valence electrons. The topological polar surface area (TPSA) is 46.2 Å². The minimum absolute atomic E-state index is 0.213. The van der Waals surface area contributed by atoms with E-state index in [9.17, 15) is 12.8 Å². The largest absolute Gasteiger partial charge is 0.241 e. The number of halogens is 1. The fourth-order valence-corrected chi connectivity index (χ4v) is 3.72. The van der Waals surface area contributed by atoms with Gasteiger partial charge in [0.05, 0.1) is 4.90 Å². The van der Waals surface area contributed by atoms with E-state index in [0.29, 0.717) is 5.56 Å². The molecular weight excluding hydrogens is 313 g/mol. The van der Waals surface area contributed by atoms with Crippen molar-refractivity contribution < 1.29 is 12.8 Å². The van der Waals surface area contributed by atoms with Crippen LogP contribution in [-0.2, 0) is 10.0 Å². The van der Waals surface area contributed by atoms with Gasteiger partial charge < -0.3 is 0 Å². The maximum absolute atomic E-state index is 13.0. The smallest absolute Gasteiger partial charge is 0.207 e. The Kier molecular flexibility index (Phi) is 4.15. The van der Waals surface area contributed by atoms with Crippen molar-refractivity contribution >= 4 is 20.8 Å². The molecule has 1 N–H and O–H groups in total. The van der Waals surface area contributed by atoms with Gasteiger partial charge >= 0.3 is 0 Å². The SMILES string of the molecule is C[C@H](NS(=O)(=O)c1ccc2ccccc2c1)c1ccc(F)cc1. The van der Waals surface area contributed by atoms with Crippen molar-refractivity contribution in [1.82, 2.24) is 4.72 Å². The Morgan fingerprint density at radius 2 is 1.57 bits per heavy atom. The Hall–Kier alpha value is -2.24. The molecule has 0 spiro atoms. The Bertz CT molecular complexity index is 937. The first kappa shape index (κ1) is 15.6. The molecule has 3 aromatic rings. The van der Waals surface area contributed by atoms with Crippen LogP contribution >= 0.6 is 0 Å². The van der Waals surface area contributed by atoms with Crippen molar-refractivity contribution in [2.45, 2.75) is 17.9 Å². The van der Waals surface area contributed by atoms with E-state index in [4.69, 9.17) is 0 Å². The number of sulfonamides is 1. The van der Waals surface area contributed by atoms with E-state index in [0.717, 1.165) is 10.8 Å². The molecule has 1 atom stereocenters. The first-order valence-corrected chi connectivity index (χ1v) is 8.71. The molecule has 3 nitrogen and oxygen atoms in total. The van der Waals surface area contributed by atoms with Gasteiger partial charge in [-0.3, -0.25) is 0 Å². The van der Waals surface area contributed by atoms with Crippen LogP contribution in [0.5, 0.6) is 0 Å². The number of rotatable bonds is 4. The van der Waals surface area contributed by atoms with E-state index in [1.807, 2.05) is 24.3 Å². The molecule has 0 aromatic heterocycles. The summed E-state index contributed by atoms with van der Waals surface area (Å²) in [6, 6.07) is 17.9. The van der Waals surface area contributed by atoms with Gasteiger partial charge in [-0.2, -0.15) is 0 Å². The van der Waals surface area contributed by atoms with E-state index in [-0.39, 0.29) is 10.7 Å². The summed E-state index contributed by atoms with van der Waals surface area (Å²) >= 11 is 0. The van der Waals surface area contributed by atoms with Crippen molar-refractivity contribution in [2.75, 3.05) is 0 Å². The van der Waals surface area contributed by atoms with Gasteiger partial charge in [0.15, 0.2) is 0 Å². The third-order valence-corrected chi connectivity index (χ3v) is 5.27. The van der Waals surface area contributed by atoms with E-state index in [1.165, 1.54) is 12.1 Å². The fraction of sp³-hybridized carbons (Fsp3) is 0.111. The number of benzene rings is 3. The summed E-state index contributed by atoms with van der Waals surface area (Å²) in [4.78, 5) is 0.213. The van der Waals surface area contributed by atoms with Crippen LogP contribution in [0.15, 0.2) is 71.6 Å². The molecule has 0 saturated heterocycles. The predicted octanol–water partition coefficient (Wildman–Crippen LogP) is 4.02. The molecule has 3 aromatic carbocycles. The number of nitrogens with one attached hydrogen (secondary N) is 1. The van der Waals surface area contributed by atoms with Crippen molar-refractivity contribution in [2.24, 2.45) is 0 Å². The molecule has 0 fully saturated rings. The second-order valence-corrected chi connectivity index (χ2v) is 7.12. The first-order chi connectivity index (χ1) is 11.0. The van der Waals surface area contributed by atoms with Gasteiger partial charge in [0.2, 0.25) is 10.0 Å². The molecule has 0 heterocycles. The lowest BCUT2D eigenvalue weighted by molar-refractivity contribution is 0.566. The molecule has 0 amide bonds. The first-order valence-electron chi connectivity index (χ1n) is 7.22. The summed E-state index contributed by atoms with van der Waals surface area (Å²) in [5.74, 6) is -0.349. The van der Waals surface area contributed by atoms with Crippen LogP contribution in [0.25, 0.3) is 10.8 Å². The van der Waals surface area contributed by atoms with Crippen LogP contribution in [0.4, 0.5) is 4.39 Å². The molecule has 23 heavy (non-hydrogen) atoms. The maximum Gasteiger partial charge on any atom is 0.241 e. The lowest BCUT2D eigenvalue weighted by atomic mass is 10.1. The van der Waals surface area contributed by atoms with Crippen LogP contribution in [0.3, 0.4) is 0 Å². The summed E-state index contributed by atoms with van der Waals surface area (Å²) in [5.41, 5.74) is 0.704. The average Bonchev–Trinajstić information content (AvgIpc) is 2.54. The standard InChI is InChI=1S/C18H16FNO2S/c1-13(14-6-9-17(19)10-7-14)20-23(21,22)18-11-8-15-4-2-3-5-16(15)12-18/h2-13,20H,1H3/t13-/m0/s1. The Balaban J connectivity index is 1.89. The second-order valence-electron chi connectivity index (χ2n) is 5.40. The van der Waals surface area contributed by atoms with E-state index in [2.05, 4.69) is 4.72 Å². The zero-order valence-electron chi connectivity index (χ0n) is 12.5. The molecule has 0 saturated carbocycles. The quantitative estimate of drug-likeness (QED) is 0.786. The molecule has 0 aliphatic carbocycles. The number of fused-ring (bicyclic) bond motifs is 1. The highest BCUT2D eigenvalue weighted by molar-refractivity contribution is 7.89. The van der Waals surface area contributed by atoms with Gasteiger partial charge in [-0.1, -0.05) is 42.5 Å². The van der Waals surface area contributed by atoms with Crippen LogP contribution in [-0.4, -0.2) is 8.42 Å². The summed E-state index contributed by atoms with van der Waals surface area (Å²) < 4.78 is 40.7. The minimum Gasteiger partial charge on any atom is -0.207 e. The predicted molar refractivity (Wildman–Crippen MR) is 89.1 cm³/mol. The molecule has 0 aliphatic heterocycles. The Morgan fingerprint density at radius 1 is 0.913 bits per heavy atom. The maximum atomic E-state index is 13.0. The van der Waals surface area contributed by atoms with Crippen LogP contribution in [0, 0.1) is 5.82 Å². The lowest BCUT2D eigenvalue weighted by Crippen LogP contribution is -2.26. The average molecular weight is 329 g/mol. The van der Waals surface area contributed by atoms with E-state index in [1.54, 1.807) is 37.3 Å². The van der Waals surface area contributed by atoms with Gasteiger partial charge in [-0.05, 0) is 47.5 Å². The van der Waals surface area contributed by atoms with Crippen LogP contribution < -0.4 is 4.72 Å². The molecule has 0 radical (unpaired) electrons. The van der Waals surface area contributed by atoms with Crippen molar-refractivity contribution in [1.29, 1.82) is 0 Å².